The first kappa shape index (κ1) is 16.3. The van der Waals surface area contributed by atoms with Crippen LogP contribution in [0.15, 0.2) is 29.6 Å². The largest absolute Gasteiger partial charge is 0.300 e. The Balaban J connectivity index is 2.09. The molecule has 0 aliphatic carbocycles. The molecule has 0 fully saturated rings. The second-order valence-corrected chi connectivity index (χ2v) is 7.08. The Labute approximate surface area is 138 Å². The molecule has 112 valence electrons. The van der Waals surface area contributed by atoms with Crippen LogP contribution in [0.25, 0.3) is 11.3 Å². The van der Waals surface area contributed by atoms with Crippen molar-refractivity contribution in [2.75, 3.05) is 5.32 Å². The standard InChI is InChI=1S/C15H16Cl2N2OS/c1-9(2)7-10-3-5-11(6-4-10)12-8-21-15(18-12)19-14(20)13(16)17/h3-6,8-9,13H,7H2,1-2H3,(H,18,19,20). The molecule has 0 radical (unpaired) electrons. The summed E-state index contributed by atoms with van der Waals surface area (Å²) in [5.41, 5.74) is 3.16. The van der Waals surface area contributed by atoms with Crippen LogP contribution in [0, 0.1) is 5.92 Å². The van der Waals surface area contributed by atoms with Gasteiger partial charge < -0.3 is 0 Å². The number of carbonyl (C=O) groups is 1. The molecule has 1 amide bonds. The number of thiazole rings is 1. The Hall–Kier alpha value is -1.10. The Bertz CT molecular complexity index is 608. The summed E-state index contributed by atoms with van der Waals surface area (Å²) in [7, 11) is 0. The van der Waals surface area contributed by atoms with Crippen LogP contribution >= 0.6 is 34.5 Å². The van der Waals surface area contributed by atoms with Crippen molar-refractivity contribution in [1.82, 2.24) is 4.98 Å². The van der Waals surface area contributed by atoms with Crippen molar-refractivity contribution in [2.24, 2.45) is 5.92 Å². The van der Waals surface area contributed by atoms with Gasteiger partial charge in [0.2, 0.25) is 0 Å². The lowest BCUT2D eigenvalue weighted by atomic mass is 10.0. The molecular formula is C15H16Cl2N2OS. The molecule has 2 rings (SSSR count). The van der Waals surface area contributed by atoms with Gasteiger partial charge in [-0.15, -0.1) is 11.3 Å². The molecule has 0 aliphatic rings. The van der Waals surface area contributed by atoms with Crippen molar-refractivity contribution in [3.05, 3.63) is 35.2 Å². The molecule has 0 atom stereocenters. The van der Waals surface area contributed by atoms with Crippen molar-refractivity contribution in [1.29, 1.82) is 0 Å². The van der Waals surface area contributed by atoms with Gasteiger partial charge in [0.05, 0.1) is 5.69 Å². The minimum atomic E-state index is -1.09. The highest BCUT2D eigenvalue weighted by atomic mass is 35.5. The van der Waals surface area contributed by atoms with E-state index < -0.39 is 10.7 Å². The van der Waals surface area contributed by atoms with E-state index in [1.54, 1.807) is 0 Å². The zero-order valence-electron chi connectivity index (χ0n) is 11.8. The molecule has 0 saturated heterocycles. The number of hydrogen-bond donors (Lipinski definition) is 1. The molecule has 1 aromatic carbocycles. The molecule has 1 heterocycles. The zero-order valence-corrected chi connectivity index (χ0v) is 14.1. The van der Waals surface area contributed by atoms with E-state index in [-0.39, 0.29) is 0 Å². The lowest BCUT2D eigenvalue weighted by molar-refractivity contribution is -0.114. The maximum atomic E-state index is 11.4. The minimum absolute atomic E-state index is 0.466. The summed E-state index contributed by atoms with van der Waals surface area (Å²) < 4.78 is 0. The van der Waals surface area contributed by atoms with Gasteiger partial charge >= 0.3 is 0 Å². The van der Waals surface area contributed by atoms with Crippen LogP contribution in [0.4, 0.5) is 5.13 Å². The molecule has 2 aromatic rings. The number of amides is 1. The Kier molecular flexibility index (Phi) is 5.62. The van der Waals surface area contributed by atoms with Gasteiger partial charge in [0.25, 0.3) is 5.91 Å². The lowest BCUT2D eigenvalue weighted by Crippen LogP contribution is -2.18. The van der Waals surface area contributed by atoms with Crippen LogP contribution in [0.1, 0.15) is 19.4 Å². The number of benzene rings is 1. The van der Waals surface area contributed by atoms with Crippen LogP contribution in [0.5, 0.6) is 0 Å². The third kappa shape index (κ3) is 4.70. The molecule has 0 unspecified atom stereocenters. The fourth-order valence-corrected chi connectivity index (χ4v) is 2.74. The molecule has 0 bridgehead atoms. The highest BCUT2D eigenvalue weighted by Gasteiger charge is 2.13. The van der Waals surface area contributed by atoms with E-state index >= 15 is 0 Å². The highest BCUT2D eigenvalue weighted by molar-refractivity contribution is 7.14. The number of nitrogens with zero attached hydrogens (tertiary/aromatic N) is 1. The van der Waals surface area contributed by atoms with Crippen LogP contribution in [-0.2, 0) is 11.2 Å². The number of hydrogen-bond acceptors (Lipinski definition) is 3. The first-order valence-electron chi connectivity index (χ1n) is 6.59. The molecule has 6 heteroatoms. The van der Waals surface area contributed by atoms with Gasteiger partial charge in [-0.2, -0.15) is 0 Å². The van der Waals surface area contributed by atoms with Gasteiger partial charge in [0, 0.05) is 10.9 Å². The smallest absolute Gasteiger partial charge is 0.259 e. The van der Waals surface area contributed by atoms with Gasteiger partial charge in [-0.1, -0.05) is 61.3 Å². The van der Waals surface area contributed by atoms with Crippen molar-refractivity contribution >= 4 is 45.6 Å². The SMILES string of the molecule is CC(C)Cc1ccc(-c2csc(NC(=O)C(Cl)Cl)n2)cc1. The maximum Gasteiger partial charge on any atom is 0.259 e. The second kappa shape index (κ2) is 7.25. The minimum Gasteiger partial charge on any atom is -0.300 e. The number of alkyl halides is 2. The van der Waals surface area contributed by atoms with Gasteiger partial charge in [-0.05, 0) is 17.9 Å². The quantitative estimate of drug-likeness (QED) is 0.796. The van der Waals surface area contributed by atoms with Crippen molar-refractivity contribution in [2.45, 2.75) is 25.1 Å². The maximum absolute atomic E-state index is 11.4. The summed E-state index contributed by atoms with van der Waals surface area (Å²) in [5.74, 6) is 0.169. The van der Waals surface area contributed by atoms with Crippen LogP contribution < -0.4 is 5.32 Å². The highest BCUT2D eigenvalue weighted by Crippen LogP contribution is 2.26. The molecule has 0 aliphatic heterocycles. The number of aromatic nitrogens is 1. The van der Waals surface area contributed by atoms with Crippen LogP contribution in [0.3, 0.4) is 0 Å². The topological polar surface area (TPSA) is 42.0 Å². The number of nitrogens with one attached hydrogen (secondary N) is 1. The number of rotatable bonds is 5. The third-order valence-electron chi connectivity index (χ3n) is 2.83. The van der Waals surface area contributed by atoms with E-state index in [0.717, 1.165) is 17.7 Å². The van der Waals surface area contributed by atoms with Crippen LogP contribution in [0.2, 0.25) is 0 Å². The average Bonchev–Trinajstić information content (AvgIpc) is 2.87. The second-order valence-electron chi connectivity index (χ2n) is 5.12. The Morgan fingerprint density at radius 2 is 1.95 bits per heavy atom. The predicted octanol–water partition coefficient (Wildman–Crippen LogP) is 4.75. The van der Waals surface area contributed by atoms with Crippen molar-refractivity contribution in [3.8, 4) is 11.3 Å². The summed E-state index contributed by atoms with van der Waals surface area (Å²) >= 11 is 12.3. The normalized spacial score (nSPS) is 11.1. The predicted molar refractivity (Wildman–Crippen MR) is 90.2 cm³/mol. The lowest BCUT2D eigenvalue weighted by Gasteiger charge is -2.05. The number of anilines is 1. The average molecular weight is 343 g/mol. The van der Waals surface area contributed by atoms with E-state index in [1.165, 1.54) is 16.9 Å². The third-order valence-corrected chi connectivity index (χ3v) is 3.98. The van der Waals surface area contributed by atoms with E-state index in [9.17, 15) is 4.79 Å². The molecule has 1 N–H and O–H groups in total. The first-order chi connectivity index (χ1) is 9.95. The van der Waals surface area contributed by atoms with Crippen molar-refractivity contribution in [3.63, 3.8) is 0 Å². The Morgan fingerprint density at radius 3 is 2.52 bits per heavy atom. The molecule has 0 saturated carbocycles. The number of halogens is 2. The summed E-state index contributed by atoms with van der Waals surface area (Å²) in [4.78, 5) is 14.7. The van der Waals surface area contributed by atoms with Gasteiger partial charge in [0.15, 0.2) is 9.97 Å². The van der Waals surface area contributed by atoms with Crippen LogP contribution in [-0.4, -0.2) is 15.7 Å². The Morgan fingerprint density at radius 1 is 1.29 bits per heavy atom. The summed E-state index contributed by atoms with van der Waals surface area (Å²) in [6.07, 6.45) is 1.06. The van der Waals surface area contributed by atoms with Gasteiger partial charge in [-0.25, -0.2) is 4.98 Å². The number of carbonyl (C=O) groups excluding carboxylic acids is 1. The van der Waals surface area contributed by atoms with Gasteiger partial charge in [-0.3, -0.25) is 10.1 Å². The first-order valence-corrected chi connectivity index (χ1v) is 8.35. The zero-order chi connectivity index (χ0) is 15.4. The summed E-state index contributed by atoms with van der Waals surface area (Å²) in [6.45, 7) is 4.40. The monoisotopic (exact) mass is 342 g/mol. The van der Waals surface area contributed by atoms with E-state index in [2.05, 4.69) is 36.3 Å². The molecular weight excluding hydrogens is 327 g/mol. The van der Waals surface area contributed by atoms with E-state index in [1.807, 2.05) is 17.5 Å². The fraction of sp³-hybridized carbons (Fsp3) is 0.333. The van der Waals surface area contributed by atoms with Crippen molar-refractivity contribution < 1.29 is 4.79 Å². The summed E-state index contributed by atoms with van der Waals surface area (Å²) in [5, 5.41) is 4.96. The molecule has 1 aromatic heterocycles. The van der Waals surface area contributed by atoms with E-state index in [4.69, 9.17) is 23.2 Å². The van der Waals surface area contributed by atoms with Gasteiger partial charge in [0.1, 0.15) is 0 Å². The van der Waals surface area contributed by atoms with E-state index in [0.29, 0.717) is 11.0 Å². The summed E-state index contributed by atoms with van der Waals surface area (Å²) in [6, 6.07) is 8.32. The fourth-order valence-electron chi connectivity index (χ4n) is 1.91. The molecule has 0 spiro atoms. The molecule has 21 heavy (non-hydrogen) atoms. The molecule has 3 nitrogen and oxygen atoms in total.